The van der Waals surface area contributed by atoms with Crippen molar-refractivity contribution in [3.63, 3.8) is 0 Å². The van der Waals surface area contributed by atoms with E-state index in [9.17, 15) is 9.90 Å². The van der Waals surface area contributed by atoms with Gasteiger partial charge in [0.05, 0.1) is 6.54 Å². The Hall–Kier alpha value is -1.63. The van der Waals surface area contributed by atoms with Gasteiger partial charge in [0.2, 0.25) is 5.95 Å². The SMILES string of the molecule is O=C(O)C1(c2nc3n(n2)CCN3)CCNCC1. The molecule has 17 heavy (non-hydrogen) atoms. The standard InChI is InChI=1S/C10H15N5O2/c16-8(17)10(1-3-11-4-2-10)7-13-9-12-5-6-15(9)14-7/h11H,1-6H2,(H,16,17)(H,12,13,14). The number of nitrogens with zero attached hydrogens (tertiary/aromatic N) is 3. The van der Waals surface area contributed by atoms with Gasteiger partial charge in [-0.15, -0.1) is 0 Å². The van der Waals surface area contributed by atoms with Gasteiger partial charge in [0.25, 0.3) is 0 Å². The number of aliphatic carboxylic acids is 1. The highest BCUT2D eigenvalue weighted by Gasteiger charge is 2.45. The minimum atomic E-state index is -0.912. The molecule has 0 atom stereocenters. The van der Waals surface area contributed by atoms with Gasteiger partial charge in [-0.2, -0.15) is 10.1 Å². The second-order valence-corrected chi connectivity index (χ2v) is 4.55. The monoisotopic (exact) mass is 237 g/mol. The van der Waals surface area contributed by atoms with Crippen LogP contribution in [-0.2, 0) is 16.8 Å². The fraction of sp³-hybridized carbons (Fsp3) is 0.700. The lowest BCUT2D eigenvalue weighted by atomic mass is 9.78. The summed E-state index contributed by atoms with van der Waals surface area (Å²) in [6.45, 7) is 2.97. The summed E-state index contributed by atoms with van der Waals surface area (Å²) in [7, 11) is 0. The molecule has 1 aromatic heterocycles. The summed E-state index contributed by atoms with van der Waals surface area (Å²) in [6, 6.07) is 0. The molecule has 2 aliphatic heterocycles. The first-order valence-electron chi connectivity index (χ1n) is 5.86. The lowest BCUT2D eigenvalue weighted by Gasteiger charge is -2.30. The van der Waals surface area contributed by atoms with Crippen LogP contribution in [0.5, 0.6) is 0 Å². The molecule has 0 aliphatic carbocycles. The van der Waals surface area contributed by atoms with Gasteiger partial charge in [-0.1, -0.05) is 0 Å². The lowest BCUT2D eigenvalue weighted by Crippen LogP contribution is -2.46. The number of rotatable bonds is 2. The molecule has 0 unspecified atom stereocenters. The first kappa shape index (κ1) is 10.5. The zero-order valence-electron chi connectivity index (χ0n) is 9.44. The number of hydrogen-bond acceptors (Lipinski definition) is 5. The summed E-state index contributed by atoms with van der Waals surface area (Å²) in [4.78, 5) is 15.9. The van der Waals surface area contributed by atoms with Gasteiger partial charge in [0, 0.05) is 6.54 Å². The molecule has 7 nitrogen and oxygen atoms in total. The van der Waals surface area contributed by atoms with Gasteiger partial charge in [0.15, 0.2) is 5.82 Å². The van der Waals surface area contributed by atoms with Crippen LogP contribution in [0.25, 0.3) is 0 Å². The van der Waals surface area contributed by atoms with Crippen molar-refractivity contribution in [1.82, 2.24) is 20.1 Å². The van der Waals surface area contributed by atoms with E-state index in [-0.39, 0.29) is 0 Å². The van der Waals surface area contributed by atoms with E-state index in [0.29, 0.717) is 37.7 Å². The molecule has 0 bridgehead atoms. The Morgan fingerprint density at radius 2 is 2.12 bits per heavy atom. The summed E-state index contributed by atoms with van der Waals surface area (Å²) in [5.41, 5.74) is -0.912. The normalized spacial score (nSPS) is 21.9. The third-order valence-corrected chi connectivity index (χ3v) is 3.57. The molecular formula is C10H15N5O2. The predicted molar refractivity (Wildman–Crippen MR) is 59.9 cm³/mol. The average molecular weight is 237 g/mol. The lowest BCUT2D eigenvalue weighted by molar-refractivity contribution is -0.145. The summed E-state index contributed by atoms with van der Waals surface area (Å²) in [5, 5.41) is 20.1. The van der Waals surface area contributed by atoms with Crippen LogP contribution in [0.1, 0.15) is 18.7 Å². The van der Waals surface area contributed by atoms with Crippen LogP contribution in [-0.4, -0.2) is 45.5 Å². The maximum atomic E-state index is 11.6. The van der Waals surface area contributed by atoms with Crippen LogP contribution < -0.4 is 10.6 Å². The van der Waals surface area contributed by atoms with Crippen molar-refractivity contribution in [3.8, 4) is 0 Å². The molecule has 92 valence electrons. The first-order valence-corrected chi connectivity index (χ1v) is 5.86. The first-order chi connectivity index (χ1) is 8.22. The Morgan fingerprint density at radius 1 is 1.35 bits per heavy atom. The molecule has 0 aromatic carbocycles. The van der Waals surface area contributed by atoms with E-state index < -0.39 is 11.4 Å². The number of hydrogen-bond donors (Lipinski definition) is 3. The number of carbonyl (C=O) groups is 1. The third-order valence-electron chi connectivity index (χ3n) is 3.57. The van der Waals surface area contributed by atoms with Crippen molar-refractivity contribution < 1.29 is 9.90 Å². The predicted octanol–water partition coefficient (Wildman–Crippen LogP) is -0.591. The highest BCUT2D eigenvalue weighted by atomic mass is 16.4. The fourth-order valence-electron chi connectivity index (χ4n) is 2.49. The van der Waals surface area contributed by atoms with E-state index in [2.05, 4.69) is 20.7 Å². The zero-order valence-corrected chi connectivity index (χ0v) is 9.44. The Bertz CT molecular complexity index is 428. The van der Waals surface area contributed by atoms with Crippen LogP contribution in [0.3, 0.4) is 0 Å². The zero-order chi connectivity index (χ0) is 11.9. The molecule has 3 N–H and O–H groups in total. The van der Waals surface area contributed by atoms with E-state index in [1.54, 1.807) is 4.68 Å². The molecule has 1 fully saturated rings. The number of carboxylic acid groups (broad SMARTS) is 1. The smallest absolute Gasteiger partial charge is 0.317 e. The topological polar surface area (TPSA) is 92.1 Å². The molecule has 0 saturated carbocycles. The van der Waals surface area contributed by atoms with Crippen molar-refractivity contribution in [2.75, 3.05) is 25.0 Å². The van der Waals surface area contributed by atoms with Crippen LogP contribution in [0, 0.1) is 0 Å². The molecule has 3 heterocycles. The number of nitrogens with one attached hydrogen (secondary N) is 2. The van der Waals surface area contributed by atoms with E-state index in [1.165, 1.54) is 0 Å². The quantitative estimate of drug-likeness (QED) is 0.636. The number of carboxylic acids is 1. The van der Waals surface area contributed by atoms with Crippen molar-refractivity contribution in [2.45, 2.75) is 24.8 Å². The van der Waals surface area contributed by atoms with Crippen molar-refractivity contribution in [1.29, 1.82) is 0 Å². The van der Waals surface area contributed by atoms with Gasteiger partial charge in [-0.3, -0.25) is 4.79 Å². The van der Waals surface area contributed by atoms with E-state index >= 15 is 0 Å². The van der Waals surface area contributed by atoms with Crippen LogP contribution in [0.4, 0.5) is 5.95 Å². The highest BCUT2D eigenvalue weighted by molar-refractivity contribution is 5.80. The Morgan fingerprint density at radius 3 is 2.76 bits per heavy atom. The summed E-state index contributed by atoms with van der Waals surface area (Å²) < 4.78 is 1.75. The van der Waals surface area contributed by atoms with Gasteiger partial charge < -0.3 is 15.7 Å². The maximum Gasteiger partial charge on any atom is 0.317 e. The number of aromatic nitrogens is 3. The third kappa shape index (κ3) is 1.49. The van der Waals surface area contributed by atoms with Crippen LogP contribution in [0.15, 0.2) is 0 Å². The van der Waals surface area contributed by atoms with E-state index in [4.69, 9.17) is 0 Å². The molecule has 1 aromatic rings. The Labute approximate surface area is 98.2 Å². The van der Waals surface area contributed by atoms with E-state index in [1.807, 2.05) is 0 Å². The molecule has 0 spiro atoms. The number of piperidine rings is 1. The van der Waals surface area contributed by atoms with Gasteiger partial charge in [-0.25, -0.2) is 4.68 Å². The largest absolute Gasteiger partial charge is 0.480 e. The Kier molecular flexibility index (Phi) is 2.29. The minimum absolute atomic E-state index is 0.453. The molecule has 2 aliphatic rings. The molecule has 7 heteroatoms. The summed E-state index contributed by atoms with van der Waals surface area (Å²) >= 11 is 0. The minimum Gasteiger partial charge on any atom is -0.480 e. The number of anilines is 1. The summed E-state index contributed by atoms with van der Waals surface area (Å²) in [6.07, 6.45) is 1.09. The average Bonchev–Trinajstić information content (AvgIpc) is 2.89. The molecule has 3 rings (SSSR count). The van der Waals surface area contributed by atoms with Crippen LogP contribution >= 0.6 is 0 Å². The second-order valence-electron chi connectivity index (χ2n) is 4.55. The molecule has 1 saturated heterocycles. The van der Waals surface area contributed by atoms with Crippen molar-refractivity contribution in [3.05, 3.63) is 5.82 Å². The molecule has 0 radical (unpaired) electrons. The molecule has 0 amide bonds. The van der Waals surface area contributed by atoms with Crippen molar-refractivity contribution in [2.24, 2.45) is 0 Å². The van der Waals surface area contributed by atoms with Crippen molar-refractivity contribution >= 4 is 11.9 Å². The second kappa shape index (κ2) is 3.69. The number of fused-ring (bicyclic) bond motifs is 1. The van der Waals surface area contributed by atoms with Crippen LogP contribution in [0.2, 0.25) is 0 Å². The Balaban J connectivity index is 2.00. The maximum absolute atomic E-state index is 11.6. The summed E-state index contributed by atoms with van der Waals surface area (Å²) in [5.74, 6) is 0.330. The van der Waals surface area contributed by atoms with Gasteiger partial charge in [0.1, 0.15) is 5.41 Å². The fourth-order valence-corrected chi connectivity index (χ4v) is 2.49. The highest BCUT2D eigenvalue weighted by Crippen LogP contribution is 2.32. The molecular weight excluding hydrogens is 222 g/mol. The van der Waals surface area contributed by atoms with Gasteiger partial charge >= 0.3 is 5.97 Å². The van der Waals surface area contributed by atoms with Gasteiger partial charge in [-0.05, 0) is 25.9 Å². The van der Waals surface area contributed by atoms with E-state index in [0.717, 1.165) is 13.1 Å².